The summed E-state index contributed by atoms with van der Waals surface area (Å²) in [5.41, 5.74) is 0. The van der Waals surface area contributed by atoms with Crippen molar-refractivity contribution in [1.82, 2.24) is 0 Å². The Balaban J connectivity index is 2.18. The normalized spacial score (nSPS) is 26.3. The number of esters is 1. The number of unbranched alkanes of at least 4 members (excludes halogenated alkanes) is 1. The van der Waals surface area contributed by atoms with Gasteiger partial charge in [0.25, 0.3) is 0 Å². The van der Waals surface area contributed by atoms with Crippen molar-refractivity contribution in [3.8, 4) is 0 Å². The molecule has 0 N–H and O–H groups in total. The topological polar surface area (TPSA) is 26.3 Å². The van der Waals surface area contributed by atoms with Crippen LogP contribution in [0.1, 0.15) is 58.8 Å². The van der Waals surface area contributed by atoms with Crippen LogP contribution in [0.15, 0.2) is 0 Å². The van der Waals surface area contributed by atoms with Crippen LogP contribution in [0.2, 0.25) is 0 Å². The Bertz CT molecular complexity index is 181. The lowest BCUT2D eigenvalue weighted by atomic mass is 9.81. The zero-order chi connectivity index (χ0) is 11.1. The van der Waals surface area contributed by atoms with Crippen LogP contribution in [-0.2, 0) is 9.53 Å². The molecule has 88 valence electrons. The largest absolute Gasteiger partial charge is 0.465 e. The quantitative estimate of drug-likeness (QED) is 0.514. The lowest BCUT2D eigenvalue weighted by Gasteiger charge is -2.26. The van der Waals surface area contributed by atoms with Crippen molar-refractivity contribution >= 4 is 5.97 Å². The van der Waals surface area contributed by atoms with E-state index in [9.17, 15) is 4.79 Å². The number of carbonyl (C=O) groups is 1. The maximum absolute atomic E-state index is 11.6. The Morgan fingerprint density at radius 3 is 2.40 bits per heavy atom. The van der Waals surface area contributed by atoms with Crippen LogP contribution in [0.4, 0.5) is 0 Å². The Kier molecular flexibility index (Phi) is 5.74. The molecule has 2 nitrogen and oxygen atoms in total. The van der Waals surface area contributed by atoms with Crippen molar-refractivity contribution in [2.24, 2.45) is 11.8 Å². The minimum absolute atomic E-state index is 0.0537. The number of hydrogen-bond acceptors (Lipinski definition) is 2. The van der Waals surface area contributed by atoms with Crippen molar-refractivity contribution in [2.45, 2.75) is 58.8 Å². The van der Waals surface area contributed by atoms with Crippen LogP contribution < -0.4 is 0 Å². The van der Waals surface area contributed by atoms with Crippen LogP contribution in [-0.4, -0.2) is 12.6 Å². The molecule has 1 saturated carbocycles. The molecule has 0 heterocycles. The summed E-state index contributed by atoms with van der Waals surface area (Å²) in [6.45, 7) is 4.97. The van der Waals surface area contributed by atoms with Crippen molar-refractivity contribution < 1.29 is 9.53 Å². The van der Waals surface area contributed by atoms with Gasteiger partial charge in [0.2, 0.25) is 0 Å². The molecule has 1 aliphatic rings. The van der Waals surface area contributed by atoms with Crippen LogP contribution >= 0.6 is 0 Å². The summed E-state index contributed by atoms with van der Waals surface area (Å²) in [4.78, 5) is 11.6. The zero-order valence-corrected chi connectivity index (χ0v) is 10.1. The van der Waals surface area contributed by atoms with E-state index in [1.807, 2.05) is 0 Å². The molecule has 0 amide bonds. The molecule has 0 radical (unpaired) electrons. The predicted molar refractivity (Wildman–Crippen MR) is 61.6 cm³/mol. The Morgan fingerprint density at radius 2 is 1.87 bits per heavy atom. The maximum Gasteiger partial charge on any atom is 0.308 e. The fourth-order valence-corrected chi connectivity index (χ4v) is 2.24. The van der Waals surface area contributed by atoms with E-state index in [4.69, 9.17) is 4.74 Å². The standard InChI is InChI=1S/C13H24O2/c1-3-5-10-15-13(14)12-8-6-11(4-2)7-9-12/h11-12H,3-10H2,1-2H3. The smallest absolute Gasteiger partial charge is 0.308 e. The molecule has 0 aromatic carbocycles. The van der Waals surface area contributed by atoms with Crippen molar-refractivity contribution in [3.05, 3.63) is 0 Å². The first-order valence-electron chi connectivity index (χ1n) is 6.44. The van der Waals surface area contributed by atoms with Gasteiger partial charge in [-0.3, -0.25) is 4.79 Å². The van der Waals surface area contributed by atoms with Gasteiger partial charge in [0.1, 0.15) is 0 Å². The second-order valence-corrected chi connectivity index (χ2v) is 4.65. The Labute approximate surface area is 93.4 Å². The Hall–Kier alpha value is -0.530. The lowest BCUT2D eigenvalue weighted by Crippen LogP contribution is -2.23. The molecule has 0 atom stereocenters. The number of ether oxygens (including phenoxy) is 1. The van der Waals surface area contributed by atoms with E-state index >= 15 is 0 Å². The van der Waals surface area contributed by atoms with E-state index in [0.717, 1.165) is 31.6 Å². The molecule has 1 rings (SSSR count). The van der Waals surface area contributed by atoms with Gasteiger partial charge >= 0.3 is 5.97 Å². The minimum Gasteiger partial charge on any atom is -0.465 e. The molecule has 0 bridgehead atoms. The van der Waals surface area contributed by atoms with Crippen LogP contribution in [0.3, 0.4) is 0 Å². The summed E-state index contributed by atoms with van der Waals surface area (Å²) in [6.07, 6.45) is 7.87. The molecule has 1 fully saturated rings. The summed E-state index contributed by atoms with van der Waals surface area (Å²) >= 11 is 0. The second kappa shape index (κ2) is 6.86. The average molecular weight is 212 g/mol. The lowest BCUT2D eigenvalue weighted by molar-refractivity contribution is -0.150. The summed E-state index contributed by atoms with van der Waals surface area (Å²) in [5.74, 6) is 1.10. The molecule has 0 aliphatic heterocycles. The van der Waals surface area contributed by atoms with E-state index in [1.54, 1.807) is 0 Å². The van der Waals surface area contributed by atoms with Crippen LogP contribution in [0.25, 0.3) is 0 Å². The first-order valence-corrected chi connectivity index (χ1v) is 6.44. The maximum atomic E-state index is 11.6. The SMILES string of the molecule is CCCCOC(=O)C1CCC(CC)CC1. The van der Waals surface area contributed by atoms with E-state index in [-0.39, 0.29) is 11.9 Å². The monoisotopic (exact) mass is 212 g/mol. The molecule has 1 aliphatic carbocycles. The van der Waals surface area contributed by atoms with Crippen molar-refractivity contribution in [3.63, 3.8) is 0 Å². The third kappa shape index (κ3) is 4.23. The number of hydrogen-bond donors (Lipinski definition) is 0. The molecule has 15 heavy (non-hydrogen) atoms. The van der Waals surface area contributed by atoms with Gasteiger partial charge in [0, 0.05) is 0 Å². The fraction of sp³-hybridized carbons (Fsp3) is 0.923. The summed E-state index contributed by atoms with van der Waals surface area (Å²) in [7, 11) is 0. The van der Waals surface area contributed by atoms with Gasteiger partial charge in [0.05, 0.1) is 12.5 Å². The Morgan fingerprint density at radius 1 is 1.20 bits per heavy atom. The highest BCUT2D eigenvalue weighted by molar-refractivity contribution is 5.72. The number of carbonyl (C=O) groups excluding carboxylic acids is 1. The fourth-order valence-electron chi connectivity index (χ4n) is 2.24. The van der Waals surface area contributed by atoms with Crippen LogP contribution in [0, 0.1) is 11.8 Å². The molecular formula is C13H24O2. The molecule has 0 aromatic rings. The van der Waals surface area contributed by atoms with Gasteiger partial charge < -0.3 is 4.74 Å². The van der Waals surface area contributed by atoms with E-state index in [2.05, 4.69) is 13.8 Å². The predicted octanol–water partition coefficient (Wildman–Crippen LogP) is 3.55. The highest BCUT2D eigenvalue weighted by Gasteiger charge is 2.26. The zero-order valence-electron chi connectivity index (χ0n) is 10.1. The van der Waals surface area contributed by atoms with Gasteiger partial charge in [-0.15, -0.1) is 0 Å². The molecule has 0 saturated heterocycles. The van der Waals surface area contributed by atoms with Crippen LogP contribution in [0.5, 0.6) is 0 Å². The van der Waals surface area contributed by atoms with Crippen molar-refractivity contribution in [2.75, 3.05) is 6.61 Å². The van der Waals surface area contributed by atoms with Gasteiger partial charge in [-0.2, -0.15) is 0 Å². The van der Waals surface area contributed by atoms with Gasteiger partial charge in [0.15, 0.2) is 0 Å². The summed E-state index contributed by atoms with van der Waals surface area (Å²) in [5, 5.41) is 0. The van der Waals surface area contributed by atoms with E-state index < -0.39 is 0 Å². The first kappa shape index (κ1) is 12.5. The highest BCUT2D eigenvalue weighted by atomic mass is 16.5. The third-order valence-corrected chi connectivity index (χ3v) is 3.50. The highest BCUT2D eigenvalue weighted by Crippen LogP contribution is 2.31. The minimum atomic E-state index is 0.0537. The molecule has 0 aromatic heterocycles. The average Bonchev–Trinajstić information content (AvgIpc) is 2.29. The van der Waals surface area contributed by atoms with Gasteiger partial charge in [-0.05, 0) is 38.0 Å². The van der Waals surface area contributed by atoms with Crippen molar-refractivity contribution in [1.29, 1.82) is 0 Å². The molecular weight excluding hydrogens is 188 g/mol. The summed E-state index contributed by atoms with van der Waals surface area (Å²) < 4.78 is 5.25. The molecule has 0 spiro atoms. The van der Waals surface area contributed by atoms with Gasteiger partial charge in [-0.1, -0.05) is 26.7 Å². The second-order valence-electron chi connectivity index (χ2n) is 4.65. The number of rotatable bonds is 5. The van der Waals surface area contributed by atoms with E-state index in [1.165, 1.54) is 19.3 Å². The molecule has 0 unspecified atom stereocenters. The van der Waals surface area contributed by atoms with Gasteiger partial charge in [-0.25, -0.2) is 0 Å². The third-order valence-electron chi connectivity index (χ3n) is 3.50. The first-order chi connectivity index (χ1) is 7.27. The summed E-state index contributed by atoms with van der Waals surface area (Å²) in [6, 6.07) is 0. The van der Waals surface area contributed by atoms with E-state index in [0.29, 0.717) is 6.61 Å². The molecule has 2 heteroatoms.